The smallest absolute Gasteiger partial charge is 0.0465 e. The van der Waals surface area contributed by atoms with Crippen LogP contribution < -0.4 is 0 Å². The average Bonchev–Trinajstić information content (AvgIpc) is 1.84. The third kappa shape index (κ3) is 1.59. The second kappa shape index (κ2) is 3.01. The molecule has 0 heterocycles. The normalized spacial score (nSPS) is 14.2. The minimum Gasteiger partial charge on any atom is -0.792 e. The lowest BCUT2D eigenvalue weighted by Crippen LogP contribution is -2.03. The van der Waals surface area contributed by atoms with E-state index in [9.17, 15) is 10.4 Å². The molecule has 4 heteroatoms. The van der Waals surface area contributed by atoms with E-state index in [-0.39, 0.29) is 11.4 Å². The Morgan fingerprint density at radius 3 is 1.38 bits per heavy atom. The molecule has 0 aromatic rings. The molecule has 0 aliphatic carbocycles. The summed E-state index contributed by atoms with van der Waals surface area (Å²) in [5.41, 5.74) is 0.278. The van der Waals surface area contributed by atoms with Crippen molar-refractivity contribution in [3.05, 3.63) is 10.4 Å². The fourth-order valence-electron chi connectivity index (χ4n) is 0.132. The summed E-state index contributed by atoms with van der Waals surface area (Å²) >= 11 is 0. The first-order chi connectivity index (χ1) is 3.72. The van der Waals surface area contributed by atoms with Gasteiger partial charge in [0.2, 0.25) is 0 Å². The maximum Gasteiger partial charge on any atom is 0.0465 e. The molecule has 46 valence electrons. The Kier molecular flexibility index (Phi) is 2.61. The predicted molar refractivity (Wildman–Crippen MR) is 33.0 cm³/mol. The highest BCUT2D eigenvalue weighted by Gasteiger charge is 1.86. The molecule has 0 saturated heterocycles. The van der Waals surface area contributed by atoms with Gasteiger partial charge in [-0.3, -0.25) is 0 Å². The first-order valence-corrected chi connectivity index (χ1v) is 2.06. The van der Waals surface area contributed by atoms with Crippen LogP contribution in [-0.2, 0) is 0 Å². The van der Waals surface area contributed by atoms with Crippen molar-refractivity contribution in [1.82, 2.24) is 0 Å². The molecule has 0 bridgehead atoms. The van der Waals surface area contributed by atoms with Gasteiger partial charge < -0.3 is 20.7 Å². The molecule has 0 rings (SSSR count). The highest BCUT2D eigenvalue weighted by molar-refractivity contribution is 6.40. The zero-order valence-corrected chi connectivity index (χ0v) is 4.71. The molecule has 0 amide bonds. The lowest BCUT2D eigenvalue weighted by atomic mass is 10.3. The third-order valence-corrected chi connectivity index (χ3v) is 0.797. The van der Waals surface area contributed by atoms with Crippen LogP contribution in [0.25, 0.3) is 0 Å². The van der Waals surface area contributed by atoms with Crippen LogP contribution >= 0.6 is 0 Å². The van der Waals surface area contributed by atoms with Crippen LogP contribution in [0.1, 0.15) is 13.8 Å². The van der Waals surface area contributed by atoms with Crippen molar-refractivity contribution >= 4 is 11.4 Å². The summed E-state index contributed by atoms with van der Waals surface area (Å²) in [6, 6.07) is 0. The fraction of sp³-hybridized carbons (Fsp3) is 0.500. The quantitative estimate of drug-likeness (QED) is 0.375. The molecule has 4 nitrogen and oxygen atoms in total. The Morgan fingerprint density at radius 2 is 1.25 bits per heavy atom. The minimum absolute atomic E-state index is 0.139. The summed E-state index contributed by atoms with van der Waals surface area (Å²) in [5.74, 6) is 0. The maximum absolute atomic E-state index is 9.60. The minimum atomic E-state index is 0.139. The molecule has 0 spiro atoms. The van der Waals surface area contributed by atoms with E-state index >= 15 is 0 Å². The summed E-state index contributed by atoms with van der Waals surface area (Å²) in [4.78, 5) is 0. The highest BCUT2D eigenvalue weighted by Crippen LogP contribution is 1.80. The molecule has 0 fully saturated rings. The molecule has 0 unspecified atom stereocenters. The monoisotopic (exact) mass is 114 g/mol. The topological polar surface area (TPSA) is 70.8 Å². The summed E-state index contributed by atoms with van der Waals surface area (Å²) in [5, 5.41) is 24.2. The zero-order chi connectivity index (χ0) is 6.57. The van der Waals surface area contributed by atoms with Crippen molar-refractivity contribution in [2.75, 3.05) is 0 Å². The molecule has 0 aromatic heterocycles. The Hall–Kier alpha value is -1.06. The largest absolute Gasteiger partial charge is 0.792 e. The fourth-order valence-corrected chi connectivity index (χ4v) is 0.132. The van der Waals surface area contributed by atoms with Gasteiger partial charge in [0.25, 0.3) is 0 Å². The highest BCUT2D eigenvalue weighted by atomic mass is 16.4. The Labute approximate surface area is 47.1 Å². The molecule has 8 heavy (non-hydrogen) atoms. The Balaban J connectivity index is 4.04. The van der Waals surface area contributed by atoms with Crippen LogP contribution in [0.2, 0.25) is 0 Å². The second-order valence-electron chi connectivity index (χ2n) is 1.35. The van der Waals surface area contributed by atoms with E-state index in [2.05, 4.69) is 10.3 Å². The van der Waals surface area contributed by atoms with Crippen LogP contribution in [0, 0.1) is 10.4 Å². The predicted octanol–water partition coefficient (Wildman–Crippen LogP) is 0.904. The van der Waals surface area contributed by atoms with Gasteiger partial charge in [-0.15, -0.1) is 0 Å². The van der Waals surface area contributed by atoms with E-state index in [1.807, 2.05) is 0 Å². The van der Waals surface area contributed by atoms with Crippen LogP contribution in [0.4, 0.5) is 0 Å². The standard InChI is InChI=1S/C4H8N2O2/c1-3(5-7)4(2)6-8/h7-8H,1-2H3/p-2/b5-3-,6-4+. The molecule has 0 aliphatic rings. The van der Waals surface area contributed by atoms with Crippen molar-refractivity contribution in [1.29, 1.82) is 0 Å². The van der Waals surface area contributed by atoms with Gasteiger partial charge in [0.15, 0.2) is 0 Å². The van der Waals surface area contributed by atoms with E-state index in [0.717, 1.165) is 0 Å². The first kappa shape index (κ1) is 6.94. The number of hydrogen-bond acceptors (Lipinski definition) is 4. The summed E-state index contributed by atoms with van der Waals surface area (Å²) in [6.07, 6.45) is 0. The summed E-state index contributed by atoms with van der Waals surface area (Å²) in [6.45, 7) is 2.87. The number of nitrogens with zero attached hydrogens (tertiary/aromatic N) is 2. The van der Waals surface area contributed by atoms with Gasteiger partial charge in [-0.1, -0.05) is 0 Å². The van der Waals surface area contributed by atoms with Gasteiger partial charge in [-0.2, -0.15) is 0 Å². The van der Waals surface area contributed by atoms with Gasteiger partial charge in [-0.25, -0.2) is 0 Å². The maximum atomic E-state index is 9.60. The SMILES string of the molecule is CC(=N/[O-])/C(C)=N/[O-]. The second-order valence-corrected chi connectivity index (χ2v) is 1.35. The van der Waals surface area contributed by atoms with E-state index in [1.54, 1.807) is 0 Å². The van der Waals surface area contributed by atoms with E-state index in [4.69, 9.17) is 0 Å². The van der Waals surface area contributed by atoms with Gasteiger partial charge in [0, 0.05) is 11.4 Å². The summed E-state index contributed by atoms with van der Waals surface area (Å²) < 4.78 is 0. The molecule has 0 atom stereocenters. The van der Waals surface area contributed by atoms with Crippen molar-refractivity contribution in [3.8, 4) is 0 Å². The molecular formula is C4H6N2O2-2. The van der Waals surface area contributed by atoms with Crippen molar-refractivity contribution in [2.45, 2.75) is 13.8 Å². The van der Waals surface area contributed by atoms with Crippen molar-refractivity contribution < 1.29 is 0 Å². The Bertz CT molecular complexity index is 112. The van der Waals surface area contributed by atoms with E-state index in [1.165, 1.54) is 13.8 Å². The average molecular weight is 114 g/mol. The molecule has 0 aliphatic heterocycles. The van der Waals surface area contributed by atoms with Crippen LogP contribution in [0.15, 0.2) is 10.3 Å². The summed E-state index contributed by atoms with van der Waals surface area (Å²) in [7, 11) is 0. The van der Waals surface area contributed by atoms with Gasteiger partial charge in [0.05, 0.1) is 0 Å². The van der Waals surface area contributed by atoms with E-state index in [0.29, 0.717) is 0 Å². The van der Waals surface area contributed by atoms with Crippen LogP contribution in [-0.4, -0.2) is 11.4 Å². The van der Waals surface area contributed by atoms with Crippen LogP contribution in [0.3, 0.4) is 0 Å². The number of hydrogen-bond donors (Lipinski definition) is 0. The van der Waals surface area contributed by atoms with Gasteiger partial charge >= 0.3 is 0 Å². The molecule has 0 aromatic carbocycles. The molecule has 0 radical (unpaired) electrons. The lowest BCUT2D eigenvalue weighted by molar-refractivity contribution is 1.54. The van der Waals surface area contributed by atoms with Gasteiger partial charge in [0.1, 0.15) is 0 Å². The van der Waals surface area contributed by atoms with Gasteiger partial charge in [-0.05, 0) is 13.8 Å². The van der Waals surface area contributed by atoms with Crippen LogP contribution in [0.5, 0.6) is 0 Å². The molecular weight excluding hydrogens is 108 g/mol. The Morgan fingerprint density at radius 1 is 1.00 bits per heavy atom. The molecule has 0 N–H and O–H groups in total. The zero-order valence-electron chi connectivity index (χ0n) is 4.71. The lowest BCUT2D eigenvalue weighted by Gasteiger charge is -2.02. The van der Waals surface area contributed by atoms with Crippen molar-refractivity contribution in [2.24, 2.45) is 10.3 Å². The first-order valence-electron chi connectivity index (χ1n) is 2.06. The van der Waals surface area contributed by atoms with Crippen molar-refractivity contribution in [3.63, 3.8) is 0 Å². The third-order valence-electron chi connectivity index (χ3n) is 0.797. The molecule has 0 saturated carbocycles. The van der Waals surface area contributed by atoms with E-state index < -0.39 is 0 Å². The number of rotatable bonds is 1.